The zero-order valence-corrected chi connectivity index (χ0v) is 7.47. The van der Waals surface area contributed by atoms with Gasteiger partial charge in [-0.2, -0.15) is 13.2 Å². The molecule has 1 aliphatic carbocycles. The van der Waals surface area contributed by atoms with Gasteiger partial charge in [-0.3, -0.25) is 4.79 Å². The van der Waals surface area contributed by atoms with Gasteiger partial charge in [0, 0.05) is 6.54 Å². The van der Waals surface area contributed by atoms with Gasteiger partial charge >= 0.3 is 12.3 Å². The summed E-state index contributed by atoms with van der Waals surface area (Å²) in [5, 5.41) is 10.0. The lowest BCUT2D eigenvalue weighted by molar-refractivity contribution is -0.158. The molecule has 6 heteroatoms. The fraction of sp³-hybridized carbons (Fsp3) is 0.875. The molecule has 2 unspecified atom stereocenters. The number of carboxylic acids is 1. The second-order valence-corrected chi connectivity index (χ2v) is 3.59. The molecule has 1 saturated carbocycles. The van der Waals surface area contributed by atoms with Gasteiger partial charge in [0.1, 0.15) is 0 Å². The average Bonchev–Trinajstić information content (AvgIpc) is 2.47. The fourth-order valence-electron chi connectivity index (χ4n) is 1.74. The van der Waals surface area contributed by atoms with E-state index < -0.39 is 18.2 Å². The van der Waals surface area contributed by atoms with Crippen LogP contribution in [0.5, 0.6) is 0 Å². The zero-order chi connectivity index (χ0) is 10.8. The quantitative estimate of drug-likeness (QED) is 0.697. The van der Waals surface area contributed by atoms with Gasteiger partial charge in [0.15, 0.2) is 0 Å². The maximum atomic E-state index is 11.7. The Labute approximate surface area is 79.3 Å². The molecule has 82 valence electrons. The maximum Gasteiger partial charge on any atom is 0.457 e. The van der Waals surface area contributed by atoms with E-state index >= 15 is 0 Å². The van der Waals surface area contributed by atoms with E-state index in [1.807, 2.05) is 0 Å². The van der Waals surface area contributed by atoms with Crippen molar-refractivity contribution in [3.8, 4) is 0 Å². The highest BCUT2D eigenvalue weighted by Gasteiger charge is 2.33. The number of nitrogens with one attached hydrogen (secondary N) is 1. The molecule has 0 aromatic rings. The summed E-state index contributed by atoms with van der Waals surface area (Å²) >= 11 is 0. The average molecular weight is 211 g/mol. The van der Waals surface area contributed by atoms with Crippen molar-refractivity contribution in [2.24, 2.45) is 11.8 Å². The van der Waals surface area contributed by atoms with Gasteiger partial charge in [0.25, 0.3) is 0 Å². The van der Waals surface area contributed by atoms with Crippen molar-refractivity contribution in [1.82, 2.24) is 5.32 Å². The number of rotatable bonds is 3. The van der Waals surface area contributed by atoms with Crippen LogP contribution in [0.3, 0.4) is 0 Å². The van der Waals surface area contributed by atoms with Gasteiger partial charge in [-0.1, -0.05) is 0 Å². The largest absolute Gasteiger partial charge is 0.481 e. The van der Waals surface area contributed by atoms with Gasteiger partial charge in [-0.05, 0) is 25.2 Å². The first-order valence-corrected chi connectivity index (χ1v) is 4.43. The summed E-state index contributed by atoms with van der Waals surface area (Å²) in [5.41, 5.74) is 0. The molecule has 0 amide bonds. The molecule has 1 fully saturated rings. The Bertz CT molecular complexity index is 217. The van der Waals surface area contributed by atoms with Crippen LogP contribution in [-0.2, 0) is 4.79 Å². The predicted molar refractivity (Wildman–Crippen MR) is 42.5 cm³/mol. The van der Waals surface area contributed by atoms with Crippen molar-refractivity contribution in [1.29, 1.82) is 0 Å². The Balaban J connectivity index is 2.26. The summed E-state index contributed by atoms with van der Waals surface area (Å²) in [4.78, 5) is 10.5. The summed E-state index contributed by atoms with van der Waals surface area (Å²) < 4.78 is 35.2. The van der Waals surface area contributed by atoms with Crippen LogP contribution in [0.15, 0.2) is 0 Å². The number of aliphatic carboxylic acids is 1. The van der Waals surface area contributed by atoms with Crippen LogP contribution in [-0.4, -0.2) is 23.9 Å². The van der Waals surface area contributed by atoms with Gasteiger partial charge in [0.2, 0.25) is 0 Å². The number of hydrogen-bond acceptors (Lipinski definition) is 2. The molecule has 1 aliphatic rings. The lowest BCUT2D eigenvalue weighted by atomic mass is 10.1. The monoisotopic (exact) mass is 211 g/mol. The Hall–Kier alpha value is -0.780. The maximum absolute atomic E-state index is 11.7. The molecule has 3 nitrogen and oxygen atoms in total. The Morgan fingerprint density at radius 3 is 2.50 bits per heavy atom. The first kappa shape index (κ1) is 11.3. The van der Waals surface area contributed by atoms with E-state index in [4.69, 9.17) is 5.11 Å². The SMILES string of the molecule is O=C(O)C1CCC(CNC(F)(F)F)C1. The first-order valence-electron chi connectivity index (χ1n) is 4.43. The highest BCUT2D eigenvalue weighted by atomic mass is 19.4. The minimum Gasteiger partial charge on any atom is -0.481 e. The van der Waals surface area contributed by atoms with E-state index in [1.165, 1.54) is 5.32 Å². The molecule has 0 aliphatic heterocycles. The molecule has 0 heterocycles. The van der Waals surface area contributed by atoms with Crippen molar-refractivity contribution in [3.05, 3.63) is 0 Å². The molecule has 1 rings (SSSR count). The minimum atomic E-state index is -4.36. The Morgan fingerprint density at radius 1 is 1.43 bits per heavy atom. The molecule has 0 aromatic carbocycles. The number of alkyl halides is 3. The molecule has 2 N–H and O–H groups in total. The second-order valence-electron chi connectivity index (χ2n) is 3.59. The van der Waals surface area contributed by atoms with Crippen molar-refractivity contribution >= 4 is 5.97 Å². The predicted octanol–water partition coefficient (Wildman–Crippen LogP) is 1.60. The number of carbonyl (C=O) groups is 1. The van der Waals surface area contributed by atoms with Crippen LogP contribution < -0.4 is 5.32 Å². The summed E-state index contributed by atoms with van der Waals surface area (Å²) in [7, 11) is 0. The molecule has 0 aromatic heterocycles. The number of carboxylic acid groups (broad SMARTS) is 1. The molecule has 0 bridgehead atoms. The molecule has 2 atom stereocenters. The third-order valence-corrected chi connectivity index (χ3v) is 2.48. The van der Waals surface area contributed by atoms with Crippen LogP contribution in [0.2, 0.25) is 0 Å². The smallest absolute Gasteiger partial charge is 0.457 e. The van der Waals surface area contributed by atoms with E-state index in [2.05, 4.69) is 0 Å². The molecule has 0 spiro atoms. The summed E-state index contributed by atoms with van der Waals surface area (Å²) in [6, 6.07) is 0. The topological polar surface area (TPSA) is 49.3 Å². The summed E-state index contributed by atoms with van der Waals surface area (Å²) in [6.45, 7) is -0.173. The molecular formula is C8H12F3NO2. The van der Waals surface area contributed by atoms with Crippen LogP contribution in [0.4, 0.5) is 13.2 Å². The lowest BCUT2D eigenvalue weighted by Gasteiger charge is -2.12. The van der Waals surface area contributed by atoms with E-state index in [0.717, 1.165) is 0 Å². The van der Waals surface area contributed by atoms with Crippen molar-refractivity contribution in [2.75, 3.05) is 6.54 Å². The van der Waals surface area contributed by atoms with E-state index in [9.17, 15) is 18.0 Å². The van der Waals surface area contributed by atoms with Crippen LogP contribution in [0, 0.1) is 11.8 Å². The third kappa shape index (κ3) is 3.53. The van der Waals surface area contributed by atoms with Gasteiger partial charge in [-0.15, -0.1) is 0 Å². The van der Waals surface area contributed by atoms with Crippen molar-refractivity contribution in [2.45, 2.75) is 25.6 Å². The van der Waals surface area contributed by atoms with Crippen LogP contribution >= 0.6 is 0 Å². The third-order valence-electron chi connectivity index (χ3n) is 2.48. The second kappa shape index (κ2) is 4.16. The Kier molecular flexibility index (Phi) is 3.36. The molecule has 0 saturated heterocycles. The number of halogens is 3. The highest BCUT2D eigenvalue weighted by molar-refractivity contribution is 5.70. The van der Waals surface area contributed by atoms with Gasteiger partial charge < -0.3 is 5.11 Å². The van der Waals surface area contributed by atoms with Crippen LogP contribution in [0.25, 0.3) is 0 Å². The van der Waals surface area contributed by atoms with E-state index in [-0.39, 0.29) is 12.5 Å². The van der Waals surface area contributed by atoms with Gasteiger partial charge in [0.05, 0.1) is 5.92 Å². The number of hydrogen-bond donors (Lipinski definition) is 2. The summed E-state index contributed by atoms with van der Waals surface area (Å²) in [5.74, 6) is -1.53. The van der Waals surface area contributed by atoms with E-state index in [1.54, 1.807) is 0 Å². The molecule has 0 radical (unpaired) electrons. The molecular weight excluding hydrogens is 199 g/mol. The zero-order valence-electron chi connectivity index (χ0n) is 7.47. The highest BCUT2D eigenvalue weighted by Crippen LogP contribution is 2.31. The fourth-order valence-corrected chi connectivity index (χ4v) is 1.74. The van der Waals surface area contributed by atoms with Crippen molar-refractivity contribution < 1.29 is 23.1 Å². The lowest BCUT2D eigenvalue weighted by Crippen LogP contribution is -2.35. The van der Waals surface area contributed by atoms with E-state index in [0.29, 0.717) is 19.3 Å². The molecule has 14 heavy (non-hydrogen) atoms. The Morgan fingerprint density at radius 2 is 2.07 bits per heavy atom. The normalized spacial score (nSPS) is 27.9. The summed E-state index contributed by atoms with van der Waals surface area (Å²) in [6.07, 6.45) is -2.97. The van der Waals surface area contributed by atoms with Gasteiger partial charge in [-0.25, -0.2) is 5.32 Å². The first-order chi connectivity index (χ1) is 6.38. The standard InChI is InChI=1S/C8H12F3NO2/c9-8(10,11)12-4-5-1-2-6(3-5)7(13)14/h5-6,12H,1-4H2,(H,13,14). The minimum absolute atomic E-state index is 0.169. The van der Waals surface area contributed by atoms with Crippen molar-refractivity contribution in [3.63, 3.8) is 0 Å². The van der Waals surface area contributed by atoms with Crippen LogP contribution in [0.1, 0.15) is 19.3 Å².